The van der Waals surface area contributed by atoms with E-state index in [1.165, 1.54) is 13.2 Å². The molecule has 116 valence electrons. The Morgan fingerprint density at radius 2 is 2.24 bits per heavy atom. The molecule has 1 aliphatic heterocycles. The van der Waals surface area contributed by atoms with Crippen molar-refractivity contribution < 1.29 is 23.4 Å². The second-order valence-electron chi connectivity index (χ2n) is 5.12. The minimum absolute atomic E-state index is 0.0134. The fourth-order valence-corrected chi connectivity index (χ4v) is 2.57. The number of aliphatic hydroxyl groups is 1. The van der Waals surface area contributed by atoms with Gasteiger partial charge in [-0.15, -0.1) is 0 Å². The summed E-state index contributed by atoms with van der Waals surface area (Å²) in [4.78, 5) is 14.1. The van der Waals surface area contributed by atoms with Gasteiger partial charge in [0.15, 0.2) is 11.6 Å². The van der Waals surface area contributed by atoms with E-state index < -0.39 is 23.1 Å². The summed E-state index contributed by atoms with van der Waals surface area (Å²) in [5, 5.41) is 11.8. The smallest absolute Gasteiger partial charge is 0.258 e. The monoisotopic (exact) mass is 300 g/mol. The van der Waals surface area contributed by atoms with Gasteiger partial charge in [0.1, 0.15) is 11.3 Å². The lowest BCUT2D eigenvalue weighted by atomic mass is 10.1. The first-order valence-electron chi connectivity index (χ1n) is 6.61. The number of likely N-dealkylation sites (tertiary alicyclic amines) is 1. The number of benzene rings is 1. The van der Waals surface area contributed by atoms with Crippen LogP contribution < -0.4 is 10.1 Å². The Morgan fingerprint density at radius 3 is 2.81 bits per heavy atom. The summed E-state index contributed by atoms with van der Waals surface area (Å²) in [6.45, 7) is 0.525. The van der Waals surface area contributed by atoms with Crippen LogP contribution in [0.5, 0.6) is 5.75 Å². The summed E-state index contributed by atoms with van der Waals surface area (Å²) < 4.78 is 32.0. The second kappa shape index (κ2) is 6.36. The maximum absolute atomic E-state index is 13.8. The lowest BCUT2D eigenvalue weighted by Crippen LogP contribution is -2.37. The lowest BCUT2D eigenvalue weighted by Gasteiger charge is -2.15. The summed E-state index contributed by atoms with van der Waals surface area (Å²) in [6.07, 6.45) is 0.554. The van der Waals surface area contributed by atoms with Crippen LogP contribution in [-0.2, 0) is 0 Å². The number of nitrogens with zero attached hydrogens (tertiary/aromatic N) is 1. The molecule has 1 aliphatic rings. The van der Waals surface area contributed by atoms with Crippen molar-refractivity contribution in [2.24, 2.45) is 0 Å². The molecule has 1 amide bonds. The second-order valence-corrected chi connectivity index (χ2v) is 5.12. The first kappa shape index (κ1) is 15.7. The van der Waals surface area contributed by atoms with Gasteiger partial charge < -0.3 is 15.2 Å². The average molecular weight is 300 g/mol. The predicted octanol–water partition coefficient (Wildman–Crippen LogP) is 0.768. The number of rotatable bonds is 4. The van der Waals surface area contributed by atoms with E-state index in [0.717, 1.165) is 6.07 Å². The van der Waals surface area contributed by atoms with E-state index in [-0.39, 0.29) is 24.4 Å². The average Bonchev–Trinajstić information content (AvgIpc) is 2.81. The Kier molecular flexibility index (Phi) is 4.74. The molecule has 0 spiro atoms. The first-order valence-corrected chi connectivity index (χ1v) is 6.61. The number of aliphatic hydroxyl groups excluding tert-OH is 1. The molecular formula is C14H18F2N2O3. The van der Waals surface area contributed by atoms with Crippen LogP contribution in [0.3, 0.4) is 0 Å². The van der Waals surface area contributed by atoms with Crippen molar-refractivity contribution in [1.82, 2.24) is 10.2 Å². The number of hydrogen-bond donors (Lipinski definition) is 2. The third-order valence-electron chi connectivity index (χ3n) is 3.74. The van der Waals surface area contributed by atoms with Gasteiger partial charge in [0, 0.05) is 18.6 Å². The van der Waals surface area contributed by atoms with E-state index in [1.54, 1.807) is 0 Å². The minimum atomic E-state index is -1.23. The van der Waals surface area contributed by atoms with Crippen molar-refractivity contribution in [3.63, 3.8) is 0 Å². The van der Waals surface area contributed by atoms with Crippen LogP contribution in [0.2, 0.25) is 0 Å². The zero-order valence-electron chi connectivity index (χ0n) is 11.9. The molecule has 2 atom stereocenters. The molecule has 21 heavy (non-hydrogen) atoms. The highest BCUT2D eigenvalue weighted by molar-refractivity contribution is 5.97. The summed E-state index contributed by atoms with van der Waals surface area (Å²) in [5.74, 6) is -3.06. The SMILES string of the molecule is COc1ccc(F)c(F)c1C(=O)N[C@@H]1C[C@@H](CO)N(C)C1. The highest BCUT2D eigenvalue weighted by Gasteiger charge is 2.31. The van der Waals surface area contributed by atoms with E-state index in [4.69, 9.17) is 4.74 Å². The molecule has 1 aromatic carbocycles. The van der Waals surface area contributed by atoms with Gasteiger partial charge in [0.05, 0.1) is 13.7 Å². The van der Waals surface area contributed by atoms with Gasteiger partial charge in [-0.2, -0.15) is 0 Å². The van der Waals surface area contributed by atoms with Crippen molar-refractivity contribution in [2.75, 3.05) is 27.3 Å². The summed E-state index contributed by atoms with van der Waals surface area (Å²) in [5.41, 5.74) is -0.437. The molecule has 2 rings (SSSR count). The van der Waals surface area contributed by atoms with E-state index in [0.29, 0.717) is 13.0 Å². The number of carbonyl (C=O) groups is 1. The van der Waals surface area contributed by atoms with Crippen LogP contribution in [0, 0.1) is 11.6 Å². The molecule has 7 heteroatoms. The number of methoxy groups -OCH3 is 1. The molecule has 0 unspecified atom stereocenters. The fourth-order valence-electron chi connectivity index (χ4n) is 2.57. The number of amides is 1. The van der Waals surface area contributed by atoms with Gasteiger partial charge in [-0.25, -0.2) is 8.78 Å². The Morgan fingerprint density at radius 1 is 1.52 bits per heavy atom. The number of ether oxygens (including phenoxy) is 1. The minimum Gasteiger partial charge on any atom is -0.496 e. The van der Waals surface area contributed by atoms with Crippen molar-refractivity contribution in [3.8, 4) is 5.75 Å². The Labute approximate surface area is 121 Å². The van der Waals surface area contributed by atoms with Gasteiger partial charge in [-0.3, -0.25) is 9.69 Å². The summed E-state index contributed by atoms with van der Waals surface area (Å²) in [7, 11) is 3.12. The Balaban J connectivity index is 2.16. The normalized spacial score (nSPS) is 22.3. The maximum atomic E-state index is 13.8. The molecule has 0 aliphatic carbocycles. The Hall–Kier alpha value is -1.73. The zero-order valence-corrected chi connectivity index (χ0v) is 11.9. The Bertz CT molecular complexity index is 539. The van der Waals surface area contributed by atoms with Gasteiger partial charge in [-0.05, 0) is 25.6 Å². The van der Waals surface area contributed by atoms with Crippen LogP contribution in [0.1, 0.15) is 16.8 Å². The summed E-state index contributed by atoms with van der Waals surface area (Å²) in [6, 6.07) is 1.85. The molecule has 0 radical (unpaired) electrons. The van der Waals surface area contributed by atoms with Crippen LogP contribution in [-0.4, -0.2) is 55.3 Å². The standard InChI is InChI=1S/C14H18F2N2O3/c1-18-6-8(5-9(18)7-19)17-14(20)12-11(21-2)4-3-10(15)13(12)16/h3-4,8-9,19H,5-7H2,1-2H3,(H,17,20)/t8-,9+/m1/s1. The van der Waals surface area contributed by atoms with E-state index in [1.807, 2.05) is 11.9 Å². The fraction of sp³-hybridized carbons (Fsp3) is 0.500. The molecule has 5 nitrogen and oxygen atoms in total. The van der Waals surface area contributed by atoms with Crippen molar-refractivity contribution >= 4 is 5.91 Å². The van der Waals surface area contributed by atoms with Gasteiger partial charge in [0.2, 0.25) is 0 Å². The quantitative estimate of drug-likeness (QED) is 0.862. The van der Waals surface area contributed by atoms with Crippen LogP contribution in [0.4, 0.5) is 8.78 Å². The number of nitrogens with one attached hydrogen (secondary N) is 1. The third-order valence-corrected chi connectivity index (χ3v) is 3.74. The van der Waals surface area contributed by atoms with Crippen LogP contribution in [0.15, 0.2) is 12.1 Å². The van der Waals surface area contributed by atoms with Crippen LogP contribution in [0.25, 0.3) is 0 Å². The maximum Gasteiger partial charge on any atom is 0.258 e. The van der Waals surface area contributed by atoms with Crippen molar-refractivity contribution in [3.05, 3.63) is 29.3 Å². The predicted molar refractivity (Wildman–Crippen MR) is 72.3 cm³/mol. The van der Waals surface area contributed by atoms with Gasteiger partial charge in [-0.1, -0.05) is 0 Å². The lowest BCUT2D eigenvalue weighted by molar-refractivity contribution is 0.0929. The van der Waals surface area contributed by atoms with Gasteiger partial charge in [0.25, 0.3) is 5.91 Å². The van der Waals surface area contributed by atoms with Crippen LogP contribution >= 0.6 is 0 Å². The molecule has 1 aromatic rings. The molecule has 0 saturated carbocycles. The molecule has 2 N–H and O–H groups in total. The molecule has 1 fully saturated rings. The molecular weight excluding hydrogens is 282 g/mol. The first-order chi connectivity index (χ1) is 9.97. The summed E-state index contributed by atoms with van der Waals surface area (Å²) >= 11 is 0. The zero-order chi connectivity index (χ0) is 15.6. The van der Waals surface area contributed by atoms with E-state index in [9.17, 15) is 18.7 Å². The van der Waals surface area contributed by atoms with E-state index in [2.05, 4.69) is 5.32 Å². The molecule has 1 heterocycles. The highest BCUT2D eigenvalue weighted by Crippen LogP contribution is 2.24. The largest absolute Gasteiger partial charge is 0.496 e. The van der Waals surface area contributed by atoms with Crippen molar-refractivity contribution in [2.45, 2.75) is 18.5 Å². The van der Waals surface area contributed by atoms with Crippen molar-refractivity contribution in [1.29, 1.82) is 0 Å². The number of halogens is 2. The number of hydrogen-bond acceptors (Lipinski definition) is 4. The van der Waals surface area contributed by atoms with Gasteiger partial charge >= 0.3 is 0 Å². The highest BCUT2D eigenvalue weighted by atomic mass is 19.2. The number of carbonyl (C=O) groups excluding carboxylic acids is 1. The topological polar surface area (TPSA) is 61.8 Å². The van der Waals surface area contributed by atoms with E-state index >= 15 is 0 Å². The molecule has 0 aromatic heterocycles. The molecule has 1 saturated heterocycles. The third kappa shape index (κ3) is 3.14. The number of likely N-dealkylation sites (N-methyl/N-ethyl adjacent to an activating group) is 1. The molecule has 0 bridgehead atoms.